The normalized spacial score (nSPS) is 10.2. The number of pyridine rings is 1. The number of nitrogens with zero attached hydrogens (tertiary/aromatic N) is 3. The van der Waals surface area contributed by atoms with E-state index < -0.39 is 5.97 Å². The molecule has 0 radical (unpaired) electrons. The largest absolute Gasteiger partial charge is 0.476 e. The second kappa shape index (κ2) is 3.82. The first kappa shape index (κ1) is 9.85. The van der Waals surface area contributed by atoms with Crippen LogP contribution in [0.1, 0.15) is 10.5 Å². The maximum absolute atomic E-state index is 10.6. The van der Waals surface area contributed by atoms with Crippen LogP contribution >= 0.6 is 15.9 Å². The third kappa shape index (κ3) is 1.89. The summed E-state index contributed by atoms with van der Waals surface area (Å²) in [5.41, 5.74) is -0.00690. The Hall–Kier alpha value is -1.69. The number of hydrogen-bond acceptors (Lipinski definition) is 3. The van der Waals surface area contributed by atoms with Crippen molar-refractivity contribution in [1.29, 1.82) is 0 Å². The van der Waals surface area contributed by atoms with Gasteiger partial charge in [0.25, 0.3) is 0 Å². The van der Waals surface area contributed by atoms with Gasteiger partial charge in [-0.1, -0.05) is 0 Å². The van der Waals surface area contributed by atoms with Gasteiger partial charge in [-0.25, -0.2) is 14.5 Å². The Kier molecular flexibility index (Phi) is 2.51. The first-order chi connectivity index (χ1) is 7.18. The highest BCUT2D eigenvalue weighted by molar-refractivity contribution is 9.10. The smallest absolute Gasteiger partial charge is 0.356 e. The summed E-state index contributed by atoms with van der Waals surface area (Å²) < 4.78 is 2.16. The Morgan fingerprint density at radius 3 is 2.87 bits per heavy atom. The summed E-state index contributed by atoms with van der Waals surface area (Å²) in [5.74, 6) is -0.495. The zero-order valence-corrected chi connectivity index (χ0v) is 9.05. The molecule has 0 bridgehead atoms. The molecule has 0 atom stereocenters. The fraction of sp³-hybridized carbons (Fsp3) is 0. The topological polar surface area (TPSA) is 68.0 Å². The maximum atomic E-state index is 10.6. The number of halogens is 1. The van der Waals surface area contributed by atoms with Crippen molar-refractivity contribution in [2.24, 2.45) is 0 Å². The van der Waals surface area contributed by atoms with Crippen molar-refractivity contribution in [2.75, 3.05) is 0 Å². The van der Waals surface area contributed by atoms with Crippen molar-refractivity contribution in [3.8, 4) is 5.82 Å². The summed E-state index contributed by atoms with van der Waals surface area (Å²) in [5, 5.41) is 12.6. The average Bonchev–Trinajstić information content (AvgIpc) is 2.67. The summed E-state index contributed by atoms with van der Waals surface area (Å²) in [6.45, 7) is 0. The lowest BCUT2D eigenvalue weighted by atomic mass is 10.4. The van der Waals surface area contributed by atoms with E-state index in [0.29, 0.717) is 5.82 Å². The molecule has 6 heteroatoms. The number of rotatable bonds is 2. The lowest BCUT2D eigenvalue weighted by Gasteiger charge is -2.01. The molecule has 0 unspecified atom stereocenters. The third-order valence-electron chi connectivity index (χ3n) is 1.76. The van der Waals surface area contributed by atoms with E-state index in [1.54, 1.807) is 18.5 Å². The van der Waals surface area contributed by atoms with E-state index in [-0.39, 0.29) is 5.69 Å². The minimum absolute atomic E-state index is 0.00690. The van der Waals surface area contributed by atoms with Crippen LogP contribution in [0.3, 0.4) is 0 Å². The van der Waals surface area contributed by atoms with E-state index in [4.69, 9.17) is 5.11 Å². The van der Waals surface area contributed by atoms with Crippen LogP contribution in [0.2, 0.25) is 0 Å². The molecule has 2 heterocycles. The first-order valence-corrected chi connectivity index (χ1v) is 4.87. The Morgan fingerprint density at radius 1 is 1.47 bits per heavy atom. The summed E-state index contributed by atoms with van der Waals surface area (Å²) in [4.78, 5) is 14.7. The fourth-order valence-corrected chi connectivity index (χ4v) is 1.54. The minimum atomic E-state index is -1.05. The molecule has 0 saturated carbocycles. The van der Waals surface area contributed by atoms with Gasteiger partial charge in [0.1, 0.15) is 0 Å². The maximum Gasteiger partial charge on any atom is 0.356 e. The van der Waals surface area contributed by atoms with Crippen LogP contribution < -0.4 is 0 Å². The van der Waals surface area contributed by atoms with Crippen LogP contribution in [0.5, 0.6) is 0 Å². The molecule has 76 valence electrons. The van der Waals surface area contributed by atoms with Crippen molar-refractivity contribution in [2.45, 2.75) is 0 Å². The van der Waals surface area contributed by atoms with Gasteiger partial charge in [-0.05, 0) is 34.1 Å². The van der Waals surface area contributed by atoms with Gasteiger partial charge in [0, 0.05) is 12.4 Å². The molecule has 0 fully saturated rings. The average molecular weight is 268 g/mol. The molecule has 2 rings (SSSR count). The first-order valence-electron chi connectivity index (χ1n) is 4.08. The highest BCUT2D eigenvalue weighted by Gasteiger charge is 2.09. The van der Waals surface area contributed by atoms with Gasteiger partial charge in [-0.3, -0.25) is 0 Å². The molecule has 2 aromatic heterocycles. The van der Waals surface area contributed by atoms with Gasteiger partial charge in [-0.15, -0.1) is 0 Å². The molecule has 1 N–H and O–H groups in total. The standard InChI is InChI=1S/C9H6BrN3O2/c10-6-2-1-4-11-8(6)13-5-3-7(12-13)9(14)15/h1-5H,(H,14,15). The van der Waals surface area contributed by atoms with Crippen LogP contribution in [-0.2, 0) is 0 Å². The van der Waals surface area contributed by atoms with Crippen molar-refractivity contribution in [3.63, 3.8) is 0 Å². The van der Waals surface area contributed by atoms with Crippen molar-refractivity contribution in [1.82, 2.24) is 14.8 Å². The Labute approximate surface area is 93.5 Å². The van der Waals surface area contributed by atoms with Crippen molar-refractivity contribution >= 4 is 21.9 Å². The molecule has 0 amide bonds. The summed E-state index contributed by atoms with van der Waals surface area (Å²) in [6.07, 6.45) is 3.17. The molecule has 0 aliphatic rings. The Morgan fingerprint density at radius 2 is 2.27 bits per heavy atom. The lowest BCUT2D eigenvalue weighted by Crippen LogP contribution is -2.02. The monoisotopic (exact) mass is 267 g/mol. The minimum Gasteiger partial charge on any atom is -0.476 e. The van der Waals surface area contributed by atoms with E-state index >= 15 is 0 Å². The summed E-state index contributed by atoms with van der Waals surface area (Å²) in [6, 6.07) is 5.00. The van der Waals surface area contributed by atoms with Crippen molar-refractivity contribution < 1.29 is 9.90 Å². The number of carboxylic acids is 1. The molecule has 0 saturated heterocycles. The summed E-state index contributed by atoms with van der Waals surface area (Å²) in [7, 11) is 0. The number of hydrogen-bond donors (Lipinski definition) is 1. The highest BCUT2D eigenvalue weighted by atomic mass is 79.9. The molecule has 15 heavy (non-hydrogen) atoms. The number of carboxylic acid groups (broad SMARTS) is 1. The highest BCUT2D eigenvalue weighted by Crippen LogP contribution is 2.16. The van der Waals surface area contributed by atoms with E-state index in [1.807, 2.05) is 6.07 Å². The van der Waals surface area contributed by atoms with E-state index in [2.05, 4.69) is 26.0 Å². The molecule has 5 nitrogen and oxygen atoms in total. The molecule has 0 aromatic carbocycles. The lowest BCUT2D eigenvalue weighted by molar-refractivity contribution is 0.0690. The van der Waals surface area contributed by atoms with Crippen LogP contribution in [-0.4, -0.2) is 25.8 Å². The van der Waals surface area contributed by atoms with Crippen LogP contribution in [0.4, 0.5) is 0 Å². The predicted octanol–water partition coefficient (Wildman–Crippen LogP) is 1.73. The molecule has 0 aliphatic heterocycles. The third-order valence-corrected chi connectivity index (χ3v) is 2.38. The van der Waals surface area contributed by atoms with Gasteiger partial charge >= 0.3 is 5.97 Å². The molecular formula is C9H6BrN3O2. The Balaban J connectivity index is 2.46. The van der Waals surface area contributed by atoms with Crippen LogP contribution in [0.25, 0.3) is 5.82 Å². The molecule has 0 spiro atoms. The van der Waals surface area contributed by atoms with Crippen molar-refractivity contribution in [3.05, 3.63) is 40.8 Å². The van der Waals surface area contributed by atoms with E-state index in [0.717, 1.165) is 4.47 Å². The van der Waals surface area contributed by atoms with Crippen LogP contribution in [0.15, 0.2) is 35.1 Å². The predicted molar refractivity (Wildman–Crippen MR) is 56.0 cm³/mol. The second-order valence-corrected chi connectivity index (χ2v) is 3.61. The Bertz CT molecular complexity index is 510. The second-order valence-electron chi connectivity index (χ2n) is 2.76. The molecule has 0 aliphatic carbocycles. The van der Waals surface area contributed by atoms with Gasteiger partial charge in [0.15, 0.2) is 11.5 Å². The molecular weight excluding hydrogens is 262 g/mol. The van der Waals surface area contributed by atoms with E-state index in [9.17, 15) is 4.79 Å². The number of aromatic carboxylic acids is 1. The van der Waals surface area contributed by atoms with Gasteiger partial charge in [0.2, 0.25) is 0 Å². The SMILES string of the molecule is O=C(O)c1ccn(-c2ncccc2Br)n1. The fourth-order valence-electron chi connectivity index (χ4n) is 1.10. The quantitative estimate of drug-likeness (QED) is 0.900. The molecule has 2 aromatic rings. The van der Waals surface area contributed by atoms with E-state index in [1.165, 1.54) is 10.7 Å². The summed E-state index contributed by atoms with van der Waals surface area (Å²) >= 11 is 3.31. The van der Waals surface area contributed by atoms with Gasteiger partial charge < -0.3 is 5.11 Å². The van der Waals surface area contributed by atoms with Crippen LogP contribution in [0, 0.1) is 0 Å². The van der Waals surface area contributed by atoms with Gasteiger partial charge in [-0.2, -0.15) is 5.10 Å². The van der Waals surface area contributed by atoms with Gasteiger partial charge in [0.05, 0.1) is 4.47 Å². The zero-order chi connectivity index (χ0) is 10.8. The number of carbonyl (C=O) groups is 1. The zero-order valence-electron chi connectivity index (χ0n) is 7.46. The number of aromatic nitrogens is 3.